The molecule has 0 radical (unpaired) electrons. The van der Waals surface area contributed by atoms with Crippen LogP contribution in [0.25, 0.3) is 0 Å². The van der Waals surface area contributed by atoms with E-state index in [0.717, 1.165) is 114 Å². The second kappa shape index (κ2) is 60.0. The van der Waals surface area contributed by atoms with E-state index in [2.05, 4.69) is 48.5 Å². The molecule has 4 unspecified atom stereocenters. The molecule has 0 fully saturated rings. The van der Waals surface area contributed by atoms with Gasteiger partial charge in [0.05, 0.1) is 26.4 Å². The van der Waals surface area contributed by atoms with Gasteiger partial charge in [-0.3, -0.25) is 37.3 Å². The Morgan fingerprint density at radius 3 is 0.864 bits per heavy atom. The fourth-order valence-electron chi connectivity index (χ4n) is 10.3. The average molecular weight is 1300 g/mol. The molecule has 0 saturated carbocycles. The Bertz CT molecular complexity index is 1740. The van der Waals surface area contributed by atoms with Gasteiger partial charge in [-0.15, -0.1) is 0 Å². The van der Waals surface area contributed by atoms with Crippen molar-refractivity contribution in [3.8, 4) is 0 Å². The van der Waals surface area contributed by atoms with Crippen LogP contribution in [0.1, 0.15) is 344 Å². The summed E-state index contributed by atoms with van der Waals surface area (Å²) in [5, 5.41) is 10.6. The van der Waals surface area contributed by atoms with Crippen LogP contribution in [0.4, 0.5) is 0 Å². The summed E-state index contributed by atoms with van der Waals surface area (Å²) in [5.41, 5.74) is 0. The second-order valence-electron chi connectivity index (χ2n) is 25.9. The highest BCUT2D eigenvalue weighted by molar-refractivity contribution is 7.47. The molecule has 522 valence electrons. The lowest BCUT2D eigenvalue weighted by Crippen LogP contribution is -2.30. The highest BCUT2D eigenvalue weighted by Gasteiger charge is 2.30. The number of phosphoric ester groups is 2. The molecule has 0 bridgehead atoms. The van der Waals surface area contributed by atoms with Gasteiger partial charge in [-0.25, -0.2) is 9.13 Å². The molecular weight excluding hydrogens is 1160 g/mol. The molecule has 88 heavy (non-hydrogen) atoms. The van der Waals surface area contributed by atoms with Crippen molar-refractivity contribution in [2.24, 2.45) is 17.8 Å². The molecule has 3 N–H and O–H groups in total. The van der Waals surface area contributed by atoms with Crippen LogP contribution in [-0.4, -0.2) is 96.7 Å². The third-order valence-electron chi connectivity index (χ3n) is 16.6. The molecule has 0 aromatic heterocycles. The van der Waals surface area contributed by atoms with Crippen LogP contribution < -0.4 is 0 Å². The molecule has 17 nitrogen and oxygen atoms in total. The number of aliphatic hydroxyl groups excluding tert-OH is 1. The molecule has 0 aliphatic carbocycles. The summed E-state index contributed by atoms with van der Waals surface area (Å²) in [6, 6.07) is 0. The molecule has 0 aromatic rings. The number of ether oxygens (including phenoxy) is 4. The van der Waals surface area contributed by atoms with Crippen LogP contribution in [-0.2, 0) is 65.4 Å². The molecule has 0 heterocycles. The molecule has 0 saturated heterocycles. The molecular formula is C69H134O17P2. The minimum atomic E-state index is -4.95. The Hall–Kier alpha value is -1.94. The first-order chi connectivity index (χ1) is 42.3. The molecule has 0 aliphatic rings. The summed E-state index contributed by atoms with van der Waals surface area (Å²) in [6.45, 7) is 11.8. The minimum absolute atomic E-state index is 0.104. The van der Waals surface area contributed by atoms with Crippen molar-refractivity contribution >= 4 is 39.5 Å². The van der Waals surface area contributed by atoms with Crippen molar-refractivity contribution < 1.29 is 80.2 Å². The van der Waals surface area contributed by atoms with Crippen LogP contribution in [0.3, 0.4) is 0 Å². The summed E-state index contributed by atoms with van der Waals surface area (Å²) >= 11 is 0. The third-order valence-corrected chi connectivity index (χ3v) is 18.5. The van der Waals surface area contributed by atoms with E-state index in [4.69, 9.17) is 37.0 Å². The van der Waals surface area contributed by atoms with E-state index in [9.17, 15) is 43.2 Å². The van der Waals surface area contributed by atoms with Gasteiger partial charge in [-0.05, 0) is 43.4 Å². The predicted molar refractivity (Wildman–Crippen MR) is 354 cm³/mol. The van der Waals surface area contributed by atoms with Crippen LogP contribution in [0.2, 0.25) is 0 Å². The van der Waals surface area contributed by atoms with Crippen LogP contribution in [0.5, 0.6) is 0 Å². The highest BCUT2D eigenvalue weighted by atomic mass is 31.2. The van der Waals surface area contributed by atoms with E-state index in [1.54, 1.807) is 0 Å². The Kier molecular flexibility index (Phi) is 58.7. The second-order valence-corrected chi connectivity index (χ2v) is 28.8. The van der Waals surface area contributed by atoms with Crippen molar-refractivity contribution in [1.82, 2.24) is 0 Å². The smallest absolute Gasteiger partial charge is 0.462 e. The quantitative estimate of drug-likeness (QED) is 0.0222. The Labute approximate surface area is 537 Å². The third kappa shape index (κ3) is 60.3. The maximum absolute atomic E-state index is 13.0. The monoisotopic (exact) mass is 1300 g/mol. The maximum atomic E-state index is 13.0. The summed E-state index contributed by atoms with van der Waals surface area (Å²) in [6.07, 6.45) is 43.0. The first-order valence-corrected chi connectivity index (χ1v) is 38.9. The van der Waals surface area contributed by atoms with E-state index in [-0.39, 0.29) is 25.7 Å². The van der Waals surface area contributed by atoms with Gasteiger partial charge in [-0.2, -0.15) is 0 Å². The maximum Gasteiger partial charge on any atom is 0.472 e. The number of unbranched alkanes of at least 4 members (excludes halogenated alkanes) is 33. The Morgan fingerprint density at radius 1 is 0.330 bits per heavy atom. The number of aliphatic hydroxyl groups is 1. The van der Waals surface area contributed by atoms with Gasteiger partial charge in [0.15, 0.2) is 12.2 Å². The lowest BCUT2D eigenvalue weighted by Gasteiger charge is -2.21. The zero-order valence-electron chi connectivity index (χ0n) is 57.2. The van der Waals surface area contributed by atoms with Crippen molar-refractivity contribution in [2.45, 2.75) is 362 Å². The molecule has 0 aromatic carbocycles. The lowest BCUT2D eigenvalue weighted by atomic mass is 9.99. The van der Waals surface area contributed by atoms with Crippen LogP contribution >= 0.6 is 15.6 Å². The molecule has 0 amide bonds. The Balaban J connectivity index is 5.24. The van der Waals surface area contributed by atoms with E-state index >= 15 is 0 Å². The van der Waals surface area contributed by atoms with Crippen molar-refractivity contribution in [1.29, 1.82) is 0 Å². The van der Waals surface area contributed by atoms with E-state index in [0.29, 0.717) is 25.7 Å². The molecule has 19 heteroatoms. The number of esters is 4. The average Bonchev–Trinajstić information content (AvgIpc) is 3.61. The van der Waals surface area contributed by atoms with Gasteiger partial charge in [0, 0.05) is 25.7 Å². The minimum Gasteiger partial charge on any atom is -0.462 e. The van der Waals surface area contributed by atoms with Gasteiger partial charge in [0.1, 0.15) is 19.3 Å². The van der Waals surface area contributed by atoms with Crippen LogP contribution in [0.15, 0.2) is 0 Å². The van der Waals surface area contributed by atoms with E-state index in [1.165, 1.54) is 148 Å². The lowest BCUT2D eigenvalue weighted by molar-refractivity contribution is -0.161. The zero-order valence-corrected chi connectivity index (χ0v) is 59.0. The van der Waals surface area contributed by atoms with Crippen molar-refractivity contribution in [2.75, 3.05) is 39.6 Å². The topological polar surface area (TPSA) is 237 Å². The van der Waals surface area contributed by atoms with Crippen molar-refractivity contribution in [3.05, 3.63) is 0 Å². The van der Waals surface area contributed by atoms with E-state index in [1.807, 2.05) is 0 Å². The summed E-state index contributed by atoms with van der Waals surface area (Å²) in [5.74, 6) is 0.203. The van der Waals surface area contributed by atoms with Gasteiger partial charge in [0.2, 0.25) is 0 Å². The standard InChI is InChI=1S/C69H134O17P2/c1-8-11-12-13-14-29-36-43-50-66(71)79-56-64(86-69(74)53-46-39-32-25-23-28-35-42-49-62(7)10-3)58-83-87(75,76)81-54-63(70)55-82-88(77,78)84-59-65(57-80-67(72)51-44-37-30-24-22-27-34-41-48-61(6)9-2)85-68(73)52-45-38-31-21-19-17-15-16-18-20-26-33-40-47-60(4)5/h60-65,70H,8-59H2,1-7H3,(H,75,76)(H,77,78)/t61?,62?,63-,64+,65+/m0/s1. The normalized spacial score (nSPS) is 14.9. The van der Waals surface area contributed by atoms with Gasteiger partial charge >= 0.3 is 39.5 Å². The fourth-order valence-corrected chi connectivity index (χ4v) is 11.9. The molecule has 0 spiro atoms. The zero-order chi connectivity index (χ0) is 65.2. The number of hydrogen-bond acceptors (Lipinski definition) is 15. The largest absolute Gasteiger partial charge is 0.472 e. The van der Waals surface area contributed by atoms with Gasteiger partial charge in [-0.1, -0.05) is 292 Å². The van der Waals surface area contributed by atoms with Gasteiger partial charge in [0.25, 0.3) is 0 Å². The molecule has 0 rings (SSSR count). The summed E-state index contributed by atoms with van der Waals surface area (Å²) in [7, 11) is -9.90. The summed E-state index contributed by atoms with van der Waals surface area (Å²) < 4.78 is 68.2. The predicted octanol–water partition coefficient (Wildman–Crippen LogP) is 19.5. The number of carbonyl (C=O) groups is 4. The number of hydrogen-bond donors (Lipinski definition) is 3. The highest BCUT2D eigenvalue weighted by Crippen LogP contribution is 2.45. The SMILES string of the molecule is CCCCCCCCCCC(=O)OC[C@H](COP(=O)(O)OC[C@H](O)COP(=O)(O)OC[C@@H](COC(=O)CCCCCCCCCCC(C)CC)OC(=O)CCCCCCCCCCCCCCCC(C)C)OC(=O)CCCCCCCCCCC(C)CC. The summed E-state index contributed by atoms with van der Waals surface area (Å²) in [4.78, 5) is 72.4. The van der Waals surface area contributed by atoms with Crippen molar-refractivity contribution in [3.63, 3.8) is 0 Å². The first kappa shape index (κ1) is 86.1. The van der Waals surface area contributed by atoms with E-state index < -0.39 is 97.5 Å². The fraction of sp³-hybridized carbons (Fsp3) is 0.942. The molecule has 0 aliphatic heterocycles. The van der Waals surface area contributed by atoms with Crippen LogP contribution in [0, 0.1) is 17.8 Å². The number of carbonyl (C=O) groups excluding carboxylic acids is 4. The number of phosphoric acid groups is 2. The number of rotatable bonds is 67. The first-order valence-electron chi connectivity index (χ1n) is 35.9. The van der Waals surface area contributed by atoms with Gasteiger partial charge < -0.3 is 33.8 Å². The molecule has 7 atom stereocenters. The Morgan fingerprint density at radius 2 is 0.580 bits per heavy atom.